The molecule has 0 atom stereocenters. The van der Waals surface area contributed by atoms with Crippen LogP contribution in [-0.2, 0) is 0 Å². The first-order chi connectivity index (χ1) is 5.36. The molecule has 11 heavy (non-hydrogen) atoms. The van der Waals surface area contributed by atoms with Crippen LogP contribution in [0, 0.1) is 5.92 Å². The molecule has 0 saturated carbocycles. The van der Waals surface area contributed by atoms with E-state index in [2.05, 4.69) is 17.6 Å². The molecule has 1 saturated heterocycles. The molecule has 64 valence electrons. The first-order valence-electron chi connectivity index (χ1n) is 4.32. The molecule has 1 N–H and O–H groups in total. The summed E-state index contributed by atoms with van der Waals surface area (Å²) >= 11 is 0. The van der Waals surface area contributed by atoms with Crippen LogP contribution < -0.4 is 0 Å². The molecule has 1 aliphatic heterocycles. The van der Waals surface area contributed by atoms with Crippen molar-refractivity contribution in [1.29, 1.82) is 0 Å². The highest BCUT2D eigenvalue weighted by Crippen LogP contribution is 2.16. The first-order valence-corrected chi connectivity index (χ1v) is 4.32. The molecule has 0 aromatic rings. The highest BCUT2D eigenvalue weighted by atomic mass is 16.3. The monoisotopic (exact) mass is 155 g/mol. The summed E-state index contributed by atoms with van der Waals surface area (Å²) in [6.45, 7) is 7.16. The van der Waals surface area contributed by atoms with Crippen LogP contribution in [0.2, 0.25) is 0 Å². The average molecular weight is 155 g/mol. The second kappa shape index (κ2) is 4.52. The molecular formula is C9H17NO. The van der Waals surface area contributed by atoms with Crippen LogP contribution >= 0.6 is 0 Å². The summed E-state index contributed by atoms with van der Waals surface area (Å²) in [7, 11) is 0. The Morgan fingerprint density at radius 1 is 1.45 bits per heavy atom. The van der Waals surface area contributed by atoms with E-state index >= 15 is 0 Å². The van der Waals surface area contributed by atoms with Gasteiger partial charge in [-0.2, -0.15) is 0 Å². The quantitative estimate of drug-likeness (QED) is 0.611. The van der Waals surface area contributed by atoms with Gasteiger partial charge in [-0.05, 0) is 31.8 Å². The van der Waals surface area contributed by atoms with Crippen LogP contribution in [0.25, 0.3) is 0 Å². The summed E-state index contributed by atoms with van der Waals surface area (Å²) in [6, 6.07) is 0. The van der Waals surface area contributed by atoms with E-state index in [4.69, 9.17) is 5.11 Å². The third-order valence-electron chi connectivity index (χ3n) is 2.38. The third kappa shape index (κ3) is 2.64. The normalized spacial score (nSPS) is 21.9. The van der Waals surface area contributed by atoms with E-state index in [0.29, 0.717) is 12.5 Å². The average Bonchev–Trinajstić information content (AvgIpc) is 2.07. The van der Waals surface area contributed by atoms with Crippen molar-refractivity contribution in [3.8, 4) is 0 Å². The second-order valence-electron chi connectivity index (χ2n) is 3.14. The van der Waals surface area contributed by atoms with Crippen molar-refractivity contribution in [3.63, 3.8) is 0 Å². The Morgan fingerprint density at radius 2 is 2.09 bits per heavy atom. The number of aliphatic hydroxyl groups is 1. The maximum Gasteiger partial charge on any atom is 0.0558 e. The smallest absolute Gasteiger partial charge is 0.0558 e. The van der Waals surface area contributed by atoms with Crippen molar-refractivity contribution < 1.29 is 5.11 Å². The molecule has 1 heterocycles. The fraction of sp³-hybridized carbons (Fsp3) is 0.778. The number of aliphatic hydroxyl groups excluding tert-OH is 1. The predicted octanol–water partition coefficient (Wildman–Crippen LogP) is 0.877. The van der Waals surface area contributed by atoms with Gasteiger partial charge in [0, 0.05) is 6.54 Å². The van der Waals surface area contributed by atoms with Gasteiger partial charge >= 0.3 is 0 Å². The molecule has 0 spiro atoms. The zero-order valence-electron chi connectivity index (χ0n) is 7.00. The number of allylic oxidation sites excluding steroid dienone is 1. The SMILES string of the molecule is C=CC1CCN(CCO)CC1. The molecule has 1 aliphatic rings. The van der Waals surface area contributed by atoms with E-state index < -0.39 is 0 Å². The molecule has 2 nitrogen and oxygen atoms in total. The number of hydrogen-bond acceptors (Lipinski definition) is 2. The lowest BCUT2D eigenvalue weighted by atomic mass is 9.97. The first kappa shape index (κ1) is 8.75. The van der Waals surface area contributed by atoms with Crippen molar-refractivity contribution in [2.24, 2.45) is 5.92 Å². The lowest BCUT2D eigenvalue weighted by Gasteiger charge is -2.29. The van der Waals surface area contributed by atoms with Gasteiger partial charge in [0.1, 0.15) is 0 Å². The molecule has 0 aliphatic carbocycles. The van der Waals surface area contributed by atoms with Crippen LogP contribution in [0.3, 0.4) is 0 Å². The number of nitrogens with zero attached hydrogens (tertiary/aromatic N) is 1. The minimum atomic E-state index is 0.290. The fourth-order valence-corrected chi connectivity index (χ4v) is 1.55. The number of piperidine rings is 1. The third-order valence-corrected chi connectivity index (χ3v) is 2.38. The summed E-state index contributed by atoms with van der Waals surface area (Å²) in [5.74, 6) is 0.713. The number of hydrogen-bond donors (Lipinski definition) is 1. The standard InChI is InChI=1S/C9H17NO/c1-2-9-3-5-10(6-4-9)7-8-11/h2,9,11H,1,3-8H2. The van der Waals surface area contributed by atoms with E-state index in [9.17, 15) is 0 Å². The summed E-state index contributed by atoms with van der Waals surface area (Å²) in [5.41, 5.74) is 0. The molecule has 2 heteroatoms. The molecule has 0 aromatic carbocycles. The highest BCUT2D eigenvalue weighted by Gasteiger charge is 2.15. The predicted molar refractivity (Wildman–Crippen MR) is 46.4 cm³/mol. The maximum absolute atomic E-state index is 8.68. The van der Waals surface area contributed by atoms with Crippen molar-refractivity contribution in [2.45, 2.75) is 12.8 Å². The number of rotatable bonds is 3. The molecular weight excluding hydrogens is 138 g/mol. The lowest BCUT2D eigenvalue weighted by molar-refractivity contribution is 0.159. The van der Waals surface area contributed by atoms with E-state index in [1.807, 2.05) is 0 Å². The Hall–Kier alpha value is -0.340. The second-order valence-corrected chi connectivity index (χ2v) is 3.14. The van der Waals surface area contributed by atoms with Gasteiger partial charge in [-0.15, -0.1) is 6.58 Å². The van der Waals surface area contributed by atoms with Crippen LogP contribution in [0.5, 0.6) is 0 Å². The Labute approximate surface area is 68.5 Å². The maximum atomic E-state index is 8.68. The van der Waals surface area contributed by atoms with Crippen LogP contribution in [0.15, 0.2) is 12.7 Å². The number of likely N-dealkylation sites (tertiary alicyclic amines) is 1. The van der Waals surface area contributed by atoms with Gasteiger partial charge < -0.3 is 10.0 Å². The summed E-state index contributed by atoms with van der Waals surface area (Å²) in [4.78, 5) is 2.31. The molecule has 1 rings (SSSR count). The van der Waals surface area contributed by atoms with Gasteiger partial charge in [-0.1, -0.05) is 6.08 Å². The Balaban J connectivity index is 2.18. The zero-order chi connectivity index (χ0) is 8.10. The van der Waals surface area contributed by atoms with Crippen molar-refractivity contribution in [2.75, 3.05) is 26.2 Å². The Kier molecular flexibility index (Phi) is 3.60. The fourth-order valence-electron chi connectivity index (χ4n) is 1.55. The van der Waals surface area contributed by atoms with Gasteiger partial charge in [0.25, 0.3) is 0 Å². The van der Waals surface area contributed by atoms with Gasteiger partial charge in [-0.3, -0.25) is 0 Å². The van der Waals surface area contributed by atoms with E-state index in [0.717, 1.165) is 19.6 Å². The minimum Gasteiger partial charge on any atom is -0.395 e. The summed E-state index contributed by atoms with van der Waals surface area (Å²) in [6.07, 6.45) is 4.48. The van der Waals surface area contributed by atoms with Crippen LogP contribution in [0.4, 0.5) is 0 Å². The molecule has 0 amide bonds. The minimum absolute atomic E-state index is 0.290. The highest BCUT2D eigenvalue weighted by molar-refractivity contribution is 4.83. The van der Waals surface area contributed by atoms with Gasteiger partial charge in [0.2, 0.25) is 0 Å². The van der Waals surface area contributed by atoms with E-state index in [1.54, 1.807) is 0 Å². The van der Waals surface area contributed by atoms with Gasteiger partial charge in [0.15, 0.2) is 0 Å². The van der Waals surface area contributed by atoms with Crippen molar-refractivity contribution in [3.05, 3.63) is 12.7 Å². The number of β-amino-alcohol motifs (C(OH)–C–C–N with tert-alkyl or cyclic N) is 1. The molecule has 0 aromatic heterocycles. The molecule has 1 fully saturated rings. The summed E-state index contributed by atoms with van der Waals surface area (Å²) < 4.78 is 0. The van der Waals surface area contributed by atoms with E-state index in [-0.39, 0.29) is 0 Å². The molecule has 0 bridgehead atoms. The van der Waals surface area contributed by atoms with Crippen LogP contribution in [-0.4, -0.2) is 36.2 Å². The van der Waals surface area contributed by atoms with Gasteiger partial charge in [-0.25, -0.2) is 0 Å². The summed E-state index contributed by atoms with van der Waals surface area (Å²) in [5, 5.41) is 8.68. The van der Waals surface area contributed by atoms with Crippen molar-refractivity contribution in [1.82, 2.24) is 4.90 Å². The topological polar surface area (TPSA) is 23.5 Å². The van der Waals surface area contributed by atoms with Gasteiger partial charge in [0.05, 0.1) is 6.61 Å². The zero-order valence-corrected chi connectivity index (χ0v) is 7.00. The van der Waals surface area contributed by atoms with Crippen molar-refractivity contribution >= 4 is 0 Å². The van der Waals surface area contributed by atoms with E-state index in [1.165, 1.54) is 12.8 Å². The molecule has 0 unspecified atom stereocenters. The lowest BCUT2D eigenvalue weighted by Crippen LogP contribution is -2.35. The van der Waals surface area contributed by atoms with Crippen LogP contribution in [0.1, 0.15) is 12.8 Å². The Morgan fingerprint density at radius 3 is 2.55 bits per heavy atom. The Bertz CT molecular complexity index is 117. The largest absolute Gasteiger partial charge is 0.395 e. The molecule has 0 radical (unpaired) electrons.